The predicted molar refractivity (Wildman–Crippen MR) is 115 cm³/mol. The van der Waals surface area contributed by atoms with Crippen molar-refractivity contribution in [2.75, 3.05) is 0 Å². The van der Waals surface area contributed by atoms with E-state index in [-0.39, 0.29) is 12.1 Å². The fraction of sp³-hybridized carbons (Fsp3) is 0.423. The molecule has 0 spiro atoms. The van der Waals surface area contributed by atoms with E-state index in [0.717, 1.165) is 23.2 Å². The van der Waals surface area contributed by atoms with E-state index in [1.54, 1.807) is 0 Å². The van der Waals surface area contributed by atoms with Crippen molar-refractivity contribution in [3.8, 4) is 17.2 Å². The number of carbonyl (C=O) groups is 1. The molecular formula is C26H26N2O2. The van der Waals surface area contributed by atoms with Crippen LogP contribution in [0.4, 0.5) is 0 Å². The molecule has 1 aromatic heterocycles. The topological polar surface area (TPSA) is 63.0 Å². The minimum absolute atomic E-state index is 0.00569. The summed E-state index contributed by atoms with van der Waals surface area (Å²) in [7, 11) is 0. The van der Waals surface area contributed by atoms with Gasteiger partial charge < -0.3 is 4.74 Å². The van der Waals surface area contributed by atoms with Gasteiger partial charge in [-0.1, -0.05) is 43.2 Å². The zero-order valence-electron chi connectivity index (χ0n) is 17.0. The van der Waals surface area contributed by atoms with Gasteiger partial charge in [-0.25, -0.2) is 0 Å². The van der Waals surface area contributed by atoms with Gasteiger partial charge in [0.05, 0.1) is 23.7 Å². The number of carbonyl (C=O) groups excluding carboxylic acids is 1. The third-order valence-electron chi connectivity index (χ3n) is 7.30. The van der Waals surface area contributed by atoms with Crippen molar-refractivity contribution in [1.82, 2.24) is 4.98 Å². The van der Waals surface area contributed by atoms with E-state index >= 15 is 0 Å². The van der Waals surface area contributed by atoms with E-state index in [0.29, 0.717) is 35.7 Å². The highest BCUT2D eigenvalue weighted by Crippen LogP contribution is 2.51. The van der Waals surface area contributed by atoms with Crippen LogP contribution in [0.15, 0.2) is 48.7 Å². The number of hydrogen-bond donors (Lipinski definition) is 0. The summed E-state index contributed by atoms with van der Waals surface area (Å²) in [6.07, 6.45) is 13.0. The van der Waals surface area contributed by atoms with Crippen molar-refractivity contribution in [3.05, 3.63) is 59.9 Å². The summed E-state index contributed by atoms with van der Waals surface area (Å²) in [6, 6.07) is 13.9. The van der Waals surface area contributed by atoms with Gasteiger partial charge in [0.25, 0.3) is 0 Å². The van der Waals surface area contributed by atoms with Crippen molar-refractivity contribution in [2.24, 2.45) is 23.7 Å². The van der Waals surface area contributed by atoms with Gasteiger partial charge in [-0.15, -0.1) is 0 Å². The van der Waals surface area contributed by atoms with Gasteiger partial charge in [0, 0.05) is 23.2 Å². The summed E-state index contributed by atoms with van der Waals surface area (Å²) >= 11 is 0. The van der Waals surface area contributed by atoms with Crippen LogP contribution in [-0.4, -0.2) is 17.1 Å². The third kappa shape index (κ3) is 3.54. The summed E-state index contributed by atoms with van der Waals surface area (Å²) in [5.41, 5.74) is 3.45. The molecule has 5 rings (SSSR count). The Morgan fingerprint density at radius 2 is 1.90 bits per heavy atom. The van der Waals surface area contributed by atoms with Crippen molar-refractivity contribution in [1.29, 1.82) is 5.26 Å². The first kappa shape index (κ1) is 19.1. The first-order valence-corrected chi connectivity index (χ1v) is 11.1. The molecule has 0 unspecified atom stereocenters. The quantitative estimate of drug-likeness (QED) is 0.650. The molecule has 2 heterocycles. The predicted octanol–water partition coefficient (Wildman–Crippen LogP) is 5.39. The molecule has 3 aliphatic rings. The number of allylic oxidation sites excluding steroid dienone is 1. The molecule has 1 aliphatic heterocycles. The number of nitrogens with zero attached hydrogens (tertiary/aromatic N) is 2. The molecule has 3 fully saturated rings. The van der Waals surface area contributed by atoms with Crippen LogP contribution in [0.25, 0.3) is 17.2 Å². The summed E-state index contributed by atoms with van der Waals surface area (Å²) in [5, 5.41) is 9.33. The monoisotopic (exact) mass is 398 g/mol. The number of benzene rings is 1. The number of nitriles is 1. The highest BCUT2D eigenvalue weighted by atomic mass is 16.5. The van der Waals surface area contributed by atoms with E-state index in [9.17, 15) is 10.1 Å². The van der Waals surface area contributed by atoms with E-state index in [2.05, 4.69) is 23.2 Å². The zero-order chi connectivity index (χ0) is 20.5. The molecule has 2 saturated carbocycles. The highest BCUT2D eigenvalue weighted by molar-refractivity contribution is 5.72. The average Bonchev–Trinajstić information content (AvgIpc) is 3.18. The Hall–Kier alpha value is -2.93. The molecule has 4 nitrogen and oxygen atoms in total. The maximum atomic E-state index is 11.9. The second kappa shape index (κ2) is 8.07. The van der Waals surface area contributed by atoms with Crippen LogP contribution in [0.5, 0.6) is 0 Å². The van der Waals surface area contributed by atoms with E-state index in [1.165, 1.54) is 25.7 Å². The zero-order valence-corrected chi connectivity index (χ0v) is 17.0. The Morgan fingerprint density at radius 3 is 2.70 bits per heavy atom. The molecule has 0 radical (unpaired) electrons. The number of rotatable bonds is 3. The number of aromatic nitrogens is 1. The standard InChI is InChI=1S/C26H26N2O2/c27-15-18-5-1-2-6-21(18)19-10-12-20(28-16-19)11-9-17-13-25-24(14-26(29)30-25)23-8-4-3-7-22(17)23/h1-2,5-6,9-12,16-17,22-25H,3-4,7-8,13-14H2/b11-9+/t17-,22+,23-,24+,25-/m1/s1. The number of esters is 1. The lowest BCUT2D eigenvalue weighted by Gasteiger charge is -2.45. The lowest BCUT2D eigenvalue weighted by Crippen LogP contribution is -2.42. The second-order valence-corrected chi connectivity index (χ2v) is 8.90. The van der Waals surface area contributed by atoms with Crippen LogP contribution < -0.4 is 0 Å². The van der Waals surface area contributed by atoms with Crippen molar-refractivity contribution in [3.63, 3.8) is 0 Å². The van der Waals surface area contributed by atoms with Gasteiger partial charge in [0.2, 0.25) is 0 Å². The number of ether oxygens (including phenoxy) is 1. The smallest absolute Gasteiger partial charge is 0.306 e. The fourth-order valence-corrected chi connectivity index (χ4v) is 5.91. The molecule has 1 saturated heterocycles. The maximum Gasteiger partial charge on any atom is 0.306 e. The third-order valence-corrected chi connectivity index (χ3v) is 7.30. The normalized spacial score (nSPS) is 30.4. The Balaban J connectivity index is 1.34. The van der Waals surface area contributed by atoms with Crippen LogP contribution >= 0.6 is 0 Å². The molecule has 0 amide bonds. The molecule has 0 N–H and O–H groups in total. The molecule has 5 atom stereocenters. The minimum atomic E-state index is -0.00569. The number of hydrogen-bond acceptors (Lipinski definition) is 4. The molecule has 0 bridgehead atoms. The van der Waals surface area contributed by atoms with Gasteiger partial charge in [0.1, 0.15) is 6.10 Å². The molecule has 4 heteroatoms. The molecule has 2 aromatic rings. The summed E-state index contributed by atoms with van der Waals surface area (Å²) in [4.78, 5) is 16.5. The minimum Gasteiger partial charge on any atom is -0.462 e. The number of fused-ring (bicyclic) bond motifs is 3. The first-order chi connectivity index (χ1) is 14.7. The highest BCUT2D eigenvalue weighted by Gasteiger charge is 2.49. The van der Waals surface area contributed by atoms with Gasteiger partial charge in [-0.2, -0.15) is 5.26 Å². The van der Waals surface area contributed by atoms with Gasteiger partial charge >= 0.3 is 5.97 Å². The Morgan fingerprint density at radius 1 is 1.07 bits per heavy atom. The first-order valence-electron chi connectivity index (χ1n) is 11.1. The Bertz CT molecular complexity index is 1000. The van der Waals surface area contributed by atoms with Crippen LogP contribution in [0.2, 0.25) is 0 Å². The fourth-order valence-electron chi connectivity index (χ4n) is 5.91. The molecule has 30 heavy (non-hydrogen) atoms. The van der Waals surface area contributed by atoms with Crippen molar-refractivity contribution < 1.29 is 9.53 Å². The summed E-state index contributed by atoms with van der Waals surface area (Å²) < 4.78 is 5.67. The van der Waals surface area contributed by atoms with Gasteiger partial charge in [-0.05, 0) is 55.2 Å². The second-order valence-electron chi connectivity index (χ2n) is 8.90. The largest absolute Gasteiger partial charge is 0.462 e. The lowest BCUT2D eigenvalue weighted by atomic mass is 9.60. The van der Waals surface area contributed by atoms with Crippen molar-refractivity contribution >= 4 is 12.0 Å². The molecule has 1 aromatic carbocycles. The van der Waals surface area contributed by atoms with Crippen LogP contribution in [0.1, 0.15) is 49.8 Å². The summed E-state index contributed by atoms with van der Waals surface area (Å²) in [5.74, 6) is 2.16. The SMILES string of the molecule is N#Cc1ccccc1-c1ccc(/C=C/[C@@H]2C[C@H]3OC(=O)C[C@H]3[C@@H]3CCCC[C@H]32)nc1. The average molecular weight is 399 g/mol. The molecule has 152 valence electrons. The molecular weight excluding hydrogens is 372 g/mol. The summed E-state index contributed by atoms with van der Waals surface area (Å²) in [6.45, 7) is 0. The van der Waals surface area contributed by atoms with Gasteiger partial charge in [0.15, 0.2) is 0 Å². The van der Waals surface area contributed by atoms with Crippen LogP contribution in [-0.2, 0) is 9.53 Å². The lowest BCUT2D eigenvalue weighted by molar-refractivity contribution is -0.143. The maximum absolute atomic E-state index is 11.9. The van der Waals surface area contributed by atoms with E-state index in [4.69, 9.17) is 4.74 Å². The molecule has 2 aliphatic carbocycles. The van der Waals surface area contributed by atoms with Crippen LogP contribution in [0.3, 0.4) is 0 Å². The van der Waals surface area contributed by atoms with Crippen LogP contribution in [0, 0.1) is 35.0 Å². The Labute approximate surface area is 177 Å². The van der Waals surface area contributed by atoms with E-state index < -0.39 is 0 Å². The van der Waals surface area contributed by atoms with Gasteiger partial charge in [-0.3, -0.25) is 9.78 Å². The van der Waals surface area contributed by atoms with E-state index in [1.807, 2.05) is 42.6 Å². The Kier molecular flexibility index (Phi) is 5.12. The van der Waals surface area contributed by atoms with Crippen molar-refractivity contribution in [2.45, 2.75) is 44.6 Å². The number of pyridine rings is 1.